The summed E-state index contributed by atoms with van der Waals surface area (Å²) in [6.07, 6.45) is 2.24. The van der Waals surface area contributed by atoms with Crippen LogP contribution >= 0.6 is 23.1 Å². The fourth-order valence-electron chi connectivity index (χ4n) is 2.39. The summed E-state index contributed by atoms with van der Waals surface area (Å²) in [5.74, 6) is 2.42. The van der Waals surface area contributed by atoms with E-state index in [-0.39, 0.29) is 5.41 Å². The van der Waals surface area contributed by atoms with Gasteiger partial charge >= 0.3 is 0 Å². The van der Waals surface area contributed by atoms with Gasteiger partial charge in [0.2, 0.25) is 0 Å². The van der Waals surface area contributed by atoms with Crippen molar-refractivity contribution in [1.82, 2.24) is 13.7 Å². The van der Waals surface area contributed by atoms with Gasteiger partial charge in [-0.25, -0.2) is 4.98 Å². The topological polar surface area (TPSA) is 38.7 Å². The summed E-state index contributed by atoms with van der Waals surface area (Å²) in [6.45, 7) is 15.6. The Morgan fingerprint density at radius 2 is 1.70 bits per heavy atom. The number of hydrogen-bond acceptors (Lipinski definition) is 5. The van der Waals surface area contributed by atoms with Crippen LogP contribution < -0.4 is 0 Å². The van der Waals surface area contributed by atoms with Crippen LogP contribution in [0.25, 0.3) is 0 Å². The lowest BCUT2D eigenvalue weighted by molar-refractivity contribution is 0.431. The first kappa shape index (κ1) is 18.5. The molecule has 0 aliphatic carbocycles. The summed E-state index contributed by atoms with van der Waals surface area (Å²) in [5, 5.41) is 1.17. The maximum atomic E-state index is 4.70. The number of aromatic nitrogens is 3. The highest BCUT2D eigenvalue weighted by Gasteiger charge is 2.26. The summed E-state index contributed by atoms with van der Waals surface area (Å²) in [6, 6.07) is 2.29. The quantitative estimate of drug-likeness (QED) is 0.604. The molecule has 0 aliphatic rings. The highest BCUT2D eigenvalue weighted by molar-refractivity contribution is 7.06. The van der Waals surface area contributed by atoms with Crippen LogP contribution in [0.2, 0.25) is 0 Å². The molecule has 1 unspecified atom stereocenters. The molecule has 0 bridgehead atoms. The van der Waals surface area contributed by atoms with Crippen LogP contribution in [0, 0.1) is 0 Å². The second-order valence-corrected chi connectivity index (χ2v) is 9.36. The molecule has 2 heterocycles. The Kier molecular flexibility index (Phi) is 5.95. The molecule has 0 amide bonds. The predicted molar refractivity (Wildman–Crippen MR) is 101 cm³/mol. The van der Waals surface area contributed by atoms with Crippen LogP contribution in [0.5, 0.6) is 0 Å². The third-order valence-electron chi connectivity index (χ3n) is 4.39. The third kappa shape index (κ3) is 4.60. The highest BCUT2D eigenvalue weighted by Crippen LogP contribution is 2.35. The summed E-state index contributed by atoms with van der Waals surface area (Å²) in [4.78, 5) is 6.09. The number of nitrogens with zero attached hydrogens (tertiary/aromatic N) is 3. The van der Waals surface area contributed by atoms with Gasteiger partial charge in [0.05, 0.1) is 5.69 Å². The van der Waals surface area contributed by atoms with Crippen LogP contribution in [0.15, 0.2) is 6.07 Å². The standard InChI is InChI=1S/C18H29N3S2/c1-11(2)14-10-15(20-22-14)18(6,7)9-8-13(5)17-19-16(12(3)4)21-23-17/h10-13H,8-9H2,1-7H3. The van der Waals surface area contributed by atoms with Crippen molar-refractivity contribution in [3.05, 3.63) is 27.5 Å². The monoisotopic (exact) mass is 351 g/mol. The smallest absolute Gasteiger partial charge is 0.145 e. The molecule has 2 aromatic rings. The van der Waals surface area contributed by atoms with E-state index in [4.69, 9.17) is 9.36 Å². The van der Waals surface area contributed by atoms with Crippen LogP contribution in [-0.2, 0) is 5.41 Å². The van der Waals surface area contributed by atoms with Gasteiger partial charge in [-0.1, -0.05) is 48.5 Å². The first-order chi connectivity index (χ1) is 10.7. The van der Waals surface area contributed by atoms with Gasteiger partial charge in [0.1, 0.15) is 10.8 Å². The molecule has 2 aromatic heterocycles. The molecular weight excluding hydrogens is 322 g/mol. The first-order valence-electron chi connectivity index (χ1n) is 8.51. The van der Waals surface area contributed by atoms with Gasteiger partial charge in [0.25, 0.3) is 0 Å². The molecule has 0 spiro atoms. The van der Waals surface area contributed by atoms with Gasteiger partial charge in [0.15, 0.2) is 0 Å². The van der Waals surface area contributed by atoms with Crippen molar-refractivity contribution in [1.29, 1.82) is 0 Å². The van der Waals surface area contributed by atoms with Crippen molar-refractivity contribution < 1.29 is 0 Å². The van der Waals surface area contributed by atoms with E-state index in [9.17, 15) is 0 Å². The SMILES string of the molecule is CC(C)c1nsc(C(C)CCC(C)(C)c2cc(C(C)C)sn2)n1. The second kappa shape index (κ2) is 7.39. The average Bonchev–Trinajstić information content (AvgIpc) is 3.13. The molecule has 3 nitrogen and oxygen atoms in total. The Labute approximate surface area is 148 Å². The zero-order chi connectivity index (χ0) is 17.2. The van der Waals surface area contributed by atoms with Gasteiger partial charge in [-0.2, -0.15) is 8.75 Å². The van der Waals surface area contributed by atoms with Crippen molar-refractivity contribution in [3.63, 3.8) is 0 Å². The molecular formula is C18H29N3S2. The molecule has 0 saturated carbocycles. The minimum absolute atomic E-state index is 0.115. The lowest BCUT2D eigenvalue weighted by Gasteiger charge is -2.23. The van der Waals surface area contributed by atoms with Crippen molar-refractivity contribution in [2.75, 3.05) is 0 Å². The Morgan fingerprint density at radius 3 is 2.22 bits per heavy atom. The fourth-order valence-corrected chi connectivity index (χ4v) is 4.14. The van der Waals surface area contributed by atoms with Gasteiger partial charge < -0.3 is 0 Å². The van der Waals surface area contributed by atoms with Crippen LogP contribution in [0.4, 0.5) is 0 Å². The highest BCUT2D eigenvalue weighted by atomic mass is 32.1. The molecule has 0 radical (unpaired) electrons. The average molecular weight is 352 g/mol. The van der Waals surface area contributed by atoms with E-state index in [1.165, 1.54) is 15.6 Å². The molecule has 0 aliphatic heterocycles. The molecule has 0 aromatic carbocycles. The number of hydrogen-bond donors (Lipinski definition) is 0. The lowest BCUT2D eigenvalue weighted by atomic mass is 9.82. The first-order valence-corrected chi connectivity index (χ1v) is 10.1. The molecule has 2 rings (SSSR count). The zero-order valence-corrected chi connectivity index (χ0v) is 17.0. The maximum Gasteiger partial charge on any atom is 0.145 e. The van der Waals surface area contributed by atoms with E-state index in [1.54, 1.807) is 23.1 Å². The van der Waals surface area contributed by atoms with Gasteiger partial charge in [-0.15, -0.1) is 0 Å². The summed E-state index contributed by atoms with van der Waals surface area (Å²) in [7, 11) is 0. The third-order valence-corrected chi connectivity index (χ3v) is 6.44. The van der Waals surface area contributed by atoms with Gasteiger partial charge in [-0.3, -0.25) is 0 Å². The van der Waals surface area contributed by atoms with E-state index in [2.05, 4.69) is 58.9 Å². The molecule has 0 saturated heterocycles. The summed E-state index contributed by atoms with van der Waals surface area (Å²) >= 11 is 3.22. The molecule has 5 heteroatoms. The van der Waals surface area contributed by atoms with E-state index >= 15 is 0 Å². The van der Waals surface area contributed by atoms with E-state index in [0.29, 0.717) is 17.8 Å². The van der Waals surface area contributed by atoms with E-state index in [0.717, 1.165) is 18.7 Å². The minimum Gasteiger partial charge on any atom is -0.224 e. The Balaban J connectivity index is 1.99. The van der Waals surface area contributed by atoms with Crippen molar-refractivity contribution in [3.8, 4) is 0 Å². The lowest BCUT2D eigenvalue weighted by Crippen LogP contribution is -2.18. The molecule has 0 N–H and O–H groups in total. The maximum absolute atomic E-state index is 4.70. The minimum atomic E-state index is 0.115. The van der Waals surface area contributed by atoms with Crippen LogP contribution in [0.1, 0.15) is 100 Å². The molecule has 23 heavy (non-hydrogen) atoms. The molecule has 128 valence electrons. The number of rotatable bonds is 7. The second-order valence-electron chi connectivity index (χ2n) is 7.74. The Morgan fingerprint density at radius 1 is 1.00 bits per heavy atom. The van der Waals surface area contributed by atoms with Crippen LogP contribution in [-0.4, -0.2) is 13.7 Å². The molecule has 1 atom stereocenters. The summed E-state index contributed by atoms with van der Waals surface area (Å²) in [5.41, 5.74) is 1.35. The molecule has 0 fully saturated rings. The largest absolute Gasteiger partial charge is 0.224 e. The summed E-state index contributed by atoms with van der Waals surface area (Å²) < 4.78 is 9.19. The Hall–Kier alpha value is -0.810. The van der Waals surface area contributed by atoms with Crippen molar-refractivity contribution in [2.45, 2.75) is 84.5 Å². The van der Waals surface area contributed by atoms with E-state index < -0.39 is 0 Å². The van der Waals surface area contributed by atoms with E-state index in [1.807, 2.05) is 0 Å². The van der Waals surface area contributed by atoms with Gasteiger partial charge in [-0.05, 0) is 47.9 Å². The zero-order valence-electron chi connectivity index (χ0n) is 15.4. The van der Waals surface area contributed by atoms with Gasteiger partial charge in [0, 0.05) is 22.1 Å². The van der Waals surface area contributed by atoms with Crippen molar-refractivity contribution >= 4 is 23.1 Å². The normalized spacial score (nSPS) is 14.0. The fraction of sp³-hybridized carbons (Fsp3) is 0.722. The Bertz CT molecular complexity index is 626. The predicted octanol–water partition coefficient (Wildman–Crippen LogP) is 6.10. The van der Waals surface area contributed by atoms with Crippen LogP contribution in [0.3, 0.4) is 0 Å². The van der Waals surface area contributed by atoms with Crippen molar-refractivity contribution in [2.24, 2.45) is 0 Å².